The highest BCUT2D eigenvalue weighted by Gasteiger charge is 2.11. The first kappa shape index (κ1) is 15.7. The predicted molar refractivity (Wildman–Crippen MR) is 96.7 cm³/mol. The highest BCUT2D eigenvalue weighted by Crippen LogP contribution is 2.17. The van der Waals surface area contributed by atoms with Crippen molar-refractivity contribution in [2.45, 2.75) is 6.54 Å². The Balaban J connectivity index is 1.37. The van der Waals surface area contributed by atoms with Gasteiger partial charge in [-0.05, 0) is 35.9 Å². The van der Waals surface area contributed by atoms with Gasteiger partial charge in [0.1, 0.15) is 0 Å². The van der Waals surface area contributed by atoms with E-state index in [-0.39, 0.29) is 5.91 Å². The van der Waals surface area contributed by atoms with Gasteiger partial charge in [0.05, 0.1) is 30.6 Å². The molecule has 128 valence electrons. The summed E-state index contributed by atoms with van der Waals surface area (Å²) >= 11 is 0. The summed E-state index contributed by atoms with van der Waals surface area (Å²) in [5.74, 6) is -0.0891. The molecule has 0 atom stereocenters. The fourth-order valence-corrected chi connectivity index (χ4v) is 3.01. The number of hydrogen-bond donors (Lipinski definition) is 2. The zero-order chi connectivity index (χ0) is 17.1. The number of aromatic nitrogens is 2. The summed E-state index contributed by atoms with van der Waals surface area (Å²) in [7, 11) is 0. The first-order chi connectivity index (χ1) is 12.3. The molecule has 0 spiro atoms. The van der Waals surface area contributed by atoms with Crippen LogP contribution < -0.4 is 10.2 Å². The third-order valence-electron chi connectivity index (χ3n) is 4.45. The largest absolute Gasteiger partial charge is 0.378 e. The molecule has 4 rings (SSSR count). The van der Waals surface area contributed by atoms with Crippen LogP contribution in [0.4, 0.5) is 5.69 Å². The number of morpholine rings is 1. The molecule has 6 nitrogen and oxygen atoms in total. The van der Waals surface area contributed by atoms with Crippen molar-refractivity contribution in [3.05, 3.63) is 59.9 Å². The van der Waals surface area contributed by atoms with Crippen molar-refractivity contribution < 1.29 is 9.53 Å². The van der Waals surface area contributed by atoms with Gasteiger partial charge < -0.3 is 19.9 Å². The molecule has 3 aromatic rings. The number of ether oxygens (including phenoxy) is 1. The first-order valence-electron chi connectivity index (χ1n) is 8.42. The van der Waals surface area contributed by atoms with Crippen LogP contribution in [0.1, 0.15) is 15.9 Å². The van der Waals surface area contributed by atoms with E-state index < -0.39 is 0 Å². The first-order valence-corrected chi connectivity index (χ1v) is 8.42. The summed E-state index contributed by atoms with van der Waals surface area (Å²) < 4.78 is 5.38. The maximum atomic E-state index is 12.3. The predicted octanol–water partition coefficient (Wildman–Crippen LogP) is 2.33. The van der Waals surface area contributed by atoms with Gasteiger partial charge in [0.15, 0.2) is 0 Å². The van der Waals surface area contributed by atoms with E-state index in [1.807, 2.05) is 12.1 Å². The molecule has 0 radical (unpaired) electrons. The van der Waals surface area contributed by atoms with Crippen LogP contribution in [0.15, 0.2) is 48.8 Å². The highest BCUT2D eigenvalue weighted by molar-refractivity contribution is 5.97. The number of H-pyrrole nitrogens is 1. The molecular formula is C19H20N4O2. The van der Waals surface area contributed by atoms with E-state index in [4.69, 9.17) is 4.74 Å². The Morgan fingerprint density at radius 1 is 1.16 bits per heavy atom. The van der Waals surface area contributed by atoms with Gasteiger partial charge in [0, 0.05) is 30.9 Å². The Bertz CT molecular complexity index is 867. The second-order valence-corrected chi connectivity index (χ2v) is 6.08. The molecule has 1 aromatic heterocycles. The number of aromatic amines is 1. The number of nitrogens with one attached hydrogen (secondary N) is 2. The highest BCUT2D eigenvalue weighted by atomic mass is 16.5. The monoisotopic (exact) mass is 336 g/mol. The minimum Gasteiger partial charge on any atom is -0.378 e. The molecule has 1 fully saturated rings. The number of amides is 1. The second-order valence-electron chi connectivity index (χ2n) is 6.08. The van der Waals surface area contributed by atoms with Crippen LogP contribution in [-0.4, -0.2) is 42.2 Å². The number of carbonyl (C=O) groups excluding carboxylic acids is 1. The lowest BCUT2D eigenvalue weighted by Gasteiger charge is -2.28. The maximum Gasteiger partial charge on any atom is 0.251 e. The summed E-state index contributed by atoms with van der Waals surface area (Å²) in [5, 5.41) is 2.96. The van der Waals surface area contributed by atoms with Crippen molar-refractivity contribution in [2.75, 3.05) is 31.2 Å². The maximum absolute atomic E-state index is 12.3. The van der Waals surface area contributed by atoms with Crippen molar-refractivity contribution >= 4 is 22.6 Å². The van der Waals surface area contributed by atoms with Gasteiger partial charge in [-0.3, -0.25) is 4.79 Å². The Hall–Kier alpha value is -2.86. The Kier molecular flexibility index (Phi) is 4.35. The van der Waals surface area contributed by atoms with E-state index in [0.29, 0.717) is 12.1 Å². The van der Waals surface area contributed by atoms with Gasteiger partial charge in [-0.15, -0.1) is 0 Å². The SMILES string of the molecule is O=C(NCc1ccc(N2CCOCC2)cc1)c1ccc2nc[nH]c2c1. The molecule has 1 aliphatic heterocycles. The normalized spacial score (nSPS) is 14.6. The van der Waals surface area contributed by atoms with Crippen LogP contribution >= 0.6 is 0 Å². The molecule has 2 heterocycles. The standard InChI is InChI=1S/C19H20N4O2/c24-19(15-3-6-17-18(11-15)22-13-21-17)20-12-14-1-4-16(5-2-14)23-7-9-25-10-8-23/h1-6,11,13H,7-10,12H2,(H,20,24)(H,21,22). The average molecular weight is 336 g/mol. The van der Waals surface area contributed by atoms with Crippen LogP contribution in [0.3, 0.4) is 0 Å². The summed E-state index contributed by atoms with van der Waals surface area (Å²) in [6.07, 6.45) is 1.63. The molecule has 1 amide bonds. The van der Waals surface area contributed by atoms with Crippen LogP contribution in [0, 0.1) is 0 Å². The second kappa shape index (κ2) is 6.94. The Labute approximate surface area is 145 Å². The zero-order valence-electron chi connectivity index (χ0n) is 13.9. The number of rotatable bonds is 4. The van der Waals surface area contributed by atoms with E-state index in [2.05, 4.69) is 44.5 Å². The number of imidazole rings is 1. The van der Waals surface area contributed by atoms with Gasteiger partial charge in [-0.25, -0.2) is 4.98 Å². The lowest BCUT2D eigenvalue weighted by atomic mass is 10.1. The average Bonchev–Trinajstić information content (AvgIpc) is 3.15. The van der Waals surface area contributed by atoms with E-state index in [0.717, 1.165) is 42.9 Å². The summed E-state index contributed by atoms with van der Waals surface area (Å²) in [6, 6.07) is 13.8. The van der Waals surface area contributed by atoms with Gasteiger partial charge >= 0.3 is 0 Å². The molecule has 2 N–H and O–H groups in total. The molecule has 0 bridgehead atoms. The third kappa shape index (κ3) is 3.49. The Morgan fingerprint density at radius 3 is 2.76 bits per heavy atom. The number of hydrogen-bond acceptors (Lipinski definition) is 4. The lowest BCUT2D eigenvalue weighted by molar-refractivity contribution is 0.0951. The molecule has 0 aliphatic carbocycles. The topological polar surface area (TPSA) is 70.2 Å². The fourth-order valence-electron chi connectivity index (χ4n) is 3.01. The summed E-state index contributed by atoms with van der Waals surface area (Å²) in [6.45, 7) is 3.90. The Morgan fingerprint density at radius 2 is 1.96 bits per heavy atom. The number of anilines is 1. The molecule has 6 heteroatoms. The van der Waals surface area contributed by atoms with Gasteiger partial charge in [-0.2, -0.15) is 0 Å². The molecule has 2 aromatic carbocycles. The third-order valence-corrected chi connectivity index (χ3v) is 4.45. The fraction of sp³-hybridized carbons (Fsp3) is 0.263. The lowest BCUT2D eigenvalue weighted by Crippen LogP contribution is -2.36. The molecule has 25 heavy (non-hydrogen) atoms. The number of nitrogens with zero attached hydrogens (tertiary/aromatic N) is 2. The van der Waals surface area contributed by atoms with Crippen molar-refractivity contribution in [3.8, 4) is 0 Å². The van der Waals surface area contributed by atoms with Gasteiger partial charge in [0.25, 0.3) is 5.91 Å². The molecule has 1 aliphatic rings. The zero-order valence-corrected chi connectivity index (χ0v) is 13.9. The van der Waals surface area contributed by atoms with Crippen LogP contribution in [0.25, 0.3) is 11.0 Å². The minimum absolute atomic E-state index is 0.0891. The number of carbonyl (C=O) groups is 1. The van der Waals surface area contributed by atoms with Crippen LogP contribution in [0.5, 0.6) is 0 Å². The molecular weight excluding hydrogens is 316 g/mol. The molecule has 0 saturated carbocycles. The van der Waals surface area contributed by atoms with E-state index in [1.54, 1.807) is 12.4 Å². The summed E-state index contributed by atoms with van der Waals surface area (Å²) in [5.41, 5.74) is 4.62. The van der Waals surface area contributed by atoms with Crippen molar-refractivity contribution in [1.29, 1.82) is 0 Å². The molecule has 0 unspecified atom stereocenters. The van der Waals surface area contributed by atoms with Crippen LogP contribution in [0.2, 0.25) is 0 Å². The van der Waals surface area contributed by atoms with Crippen LogP contribution in [-0.2, 0) is 11.3 Å². The van der Waals surface area contributed by atoms with Crippen molar-refractivity contribution in [2.24, 2.45) is 0 Å². The summed E-state index contributed by atoms with van der Waals surface area (Å²) in [4.78, 5) is 21.8. The van der Waals surface area contributed by atoms with E-state index in [9.17, 15) is 4.79 Å². The number of fused-ring (bicyclic) bond motifs is 1. The molecule has 1 saturated heterocycles. The van der Waals surface area contributed by atoms with E-state index >= 15 is 0 Å². The van der Waals surface area contributed by atoms with Gasteiger partial charge in [0.2, 0.25) is 0 Å². The smallest absolute Gasteiger partial charge is 0.251 e. The number of benzene rings is 2. The van der Waals surface area contributed by atoms with Crippen molar-refractivity contribution in [1.82, 2.24) is 15.3 Å². The van der Waals surface area contributed by atoms with E-state index in [1.165, 1.54) is 5.69 Å². The quantitative estimate of drug-likeness (QED) is 0.767. The van der Waals surface area contributed by atoms with Gasteiger partial charge in [-0.1, -0.05) is 12.1 Å². The minimum atomic E-state index is -0.0891. The van der Waals surface area contributed by atoms with Crippen molar-refractivity contribution in [3.63, 3.8) is 0 Å².